The van der Waals surface area contributed by atoms with Gasteiger partial charge in [0.15, 0.2) is 0 Å². The second-order valence-electron chi connectivity index (χ2n) is 11.0. The Kier molecular flexibility index (Phi) is 7.78. The number of hydrogen-bond donors (Lipinski definition) is 3. The summed E-state index contributed by atoms with van der Waals surface area (Å²) in [5.41, 5.74) is 0.793. The molecule has 3 aromatic carbocycles. The number of benzene rings is 3. The van der Waals surface area contributed by atoms with Crippen molar-refractivity contribution >= 4 is 45.0 Å². The number of alkyl halides is 1. The molecule has 0 aromatic heterocycles. The molecule has 6 rings (SSSR count). The van der Waals surface area contributed by atoms with Gasteiger partial charge in [0, 0.05) is 16.2 Å². The highest BCUT2D eigenvalue weighted by Gasteiger charge is 2.77. The van der Waals surface area contributed by atoms with E-state index in [1.54, 1.807) is 43.5 Å². The molecule has 3 amide bonds. The molecule has 42 heavy (non-hydrogen) atoms. The van der Waals surface area contributed by atoms with E-state index in [0.29, 0.717) is 30.0 Å². The third kappa shape index (κ3) is 4.87. The van der Waals surface area contributed by atoms with Gasteiger partial charge in [0.05, 0.1) is 37.7 Å². The number of amides is 3. The topological polar surface area (TPSA) is 117 Å². The summed E-state index contributed by atoms with van der Waals surface area (Å²) in [5.74, 6) is -2.22. The Bertz CT molecular complexity index is 1460. The average Bonchev–Trinajstić information content (AvgIpc) is 3.60. The molecule has 3 aromatic rings. The molecule has 3 N–H and O–H groups in total. The number of ether oxygens (including phenoxy) is 2. The number of likely N-dealkylation sites (tertiary alicyclic amines) is 1. The number of methoxy groups -OCH3 is 1. The molecule has 2 bridgehead atoms. The van der Waals surface area contributed by atoms with Crippen LogP contribution in [0.2, 0.25) is 0 Å². The smallest absolute Gasteiger partial charge is 0.250 e. The molecule has 7 atom stereocenters. The Hall–Kier alpha value is -3.73. The van der Waals surface area contributed by atoms with Gasteiger partial charge < -0.3 is 30.1 Å². The lowest BCUT2D eigenvalue weighted by molar-refractivity contribution is -0.143. The van der Waals surface area contributed by atoms with Gasteiger partial charge in [-0.3, -0.25) is 14.4 Å². The minimum atomic E-state index is -1.25. The van der Waals surface area contributed by atoms with Crippen LogP contribution in [0.4, 0.5) is 11.4 Å². The first kappa shape index (κ1) is 28.4. The summed E-state index contributed by atoms with van der Waals surface area (Å²) >= 11 is 3.70. The minimum Gasteiger partial charge on any atom is -0.497 e. The van der Waals surface area contributed by atoms with E-state index in [4.69, 9.17) is 9.47 Å². The Morgan fingerprint density at radius 2 is 1.62 bits per heavy atom. The second-order valence-corrected chi connectivity index (χ2v) is 12.2. The standard InChI is InChI=1S/C32H32BrN3O6/c1-41-23-14-12-21(13-15-23)35-30(39)28-32-17-24(33)27(42-32)25(29(38)34-20-10-6-3-7-11-20)26(32)31(40)36(28)22(18-37)16-19-8-4-2-5-9-19/h2-15,22,24-28,37H,16-18H2,1H3,(H,34,38)(H,35,39)/t22-,24?,25+,26+,27+,28?,32?/m1/s1. The number of anilines is 2. The fourth-order valence-corrected chi connectivity index (χ4v) is 7.77. The molecule has 0 aliphatic carbocycles. The van der Waals surface area contributed by atoms with Crippen molar-refractivity contribution in [2.24, 2.45) is 11.8 Å². The zero-order chi connectivity index (χ0) is 29.4. The van der Waals surface area contributed by atoms with E-state index in [0.717, 1.165) is 5.56 Å². The number of hydrogen-bond acceptors (Lipinski definition) is 6. The van der Waals surface area contributed by atoms with Crippen molar-refractivity contribution in [1.82, 2.24) is 4.90 Å². The Balaban J connectivity index is 1.38. The summed E-state index contributed by atoms with van der Waals surface area (Å²) in [6.45, 7) is -0.363. The number of nitrogens with one attached hydrogen (secondary N) is 2. The minimum absolute atomic E-state index is 0.244. The van der Waals surface area contributed by atoms with Crippen LogP contribution in [0.25, 0.3) is 0 Å². The number of rotatable bonds is 9. The van der Waals surface area contributed by atoms with Crippen molar-refractivity contribution in [3.63, 3.8) is 0 Å². The Morgan fingerprint density at radius 1 is 1.00 bits per heavy atom. The number of carbonyl (C=O) groups excluding carboxylic acids is 3. The summed E-state index contributed by atoms with van der Waals surface area (Å²) in [4.78, 5) is 43.6. The van der Waals surface area contributed by atoms with Crippen LogP contribution in [0.5, 0.6) is 5.75 Å². The van der Waals surface area contributed by atoms with Crippen molar-refractivity contribution in [3.8, 4) is 5.75 Å². The SMILES string of the molecule is COc1ccc(NC(=O)C2N([C@@H](CO)Cc3ccccc3)C(=O)[C@@H]3[C@H](C(=O)Nc4ccccc4)[C@H]4OC23CC4Br)cc1. The molecular weight excluding hydrogens is 602 g/mol. The fourth-order valence-electron chi connectivity index (χ4n) is 6.83. The molecule has 0 radical (unpaired) electrons. The van der Waals surface area contributed by atoms with Crippen LogP contribution in [-0.2, 0) is 25.5 Å². The van der Waals surface area contributed by atoms with Gasteiger partial charge in [-0.2, -0.15) is 0 Å². The zero-order valence-electron chi connectivity index (χ0n) is 23.0. The molecule has 9 nitrogen and oxygen atoms in total. The monoisotopic (exact) mass is 633 g/mol. The lowest BCUT2D eigenvalue weighted by Gasteiger charge is -2.37. The molecule has 3 fully saturated rings. The lowest BCUT2D eigenvalue weighted by Crippen LogP contribution is -2.57. The summed E-state index contributed by atoms with van der Waals surface area (Å²) in [6.07, 6.45) is 0.104. The maximum atomic E-state index is 14.4. The van der Waals surface area contributed by atoms with E-state index in [1.165, 1.54) is 4.90 Å². The molecule has 3 unspecified atom stereocenters. The van der Waals surface area contributed by atoms with Gasteiger partial charge in [-0.25, -0.2) is 0 Å². The number of aliphatic hydroxyl groups excluding tert-OH is 1. The second kappa shape index (κ2) is 11.5. The van der Waals surface area contributed by atoms with E-state index in [2.05, 4.69) is 26.6 Å². The van der Waals surface area contributed by atoms with Gasteiger partial charge in [-0.1, -0.05) is 64.5 Å². The van der Waals surface area contributed by atoms with Crippen LogP contribution >= 0.6 is 15.9 Å². The third-order valence-corrected chi connectivity index (χ3v) is 9.44. The summed E-state index contributed by atoms with van der Waals surface area (Å²) < 4.78 is 11.8. The Morgan fingerprint density at radius 3 is 2.26 bits per heavy atom. The number of aliphatic hydroxyl groups is 1. The normalized spacial score (nSPS) is 28.3. The molecule has 1 spiro atoms. The fraction of sp³-hybridized carbons (Fsp3) is 0.344. The molecule has 0 saturated carbocycles. The highest BCUT2D eigenvalue weighted by molar-refractivity contribution is 9.09. The molecular formula is C32H32BrN3O6. The molecule has 3 saturated heterocycles. The number of halogens is 1. The summed E-state index contributed by atoms with van der Waals surface area (Å²) in [7, 11) is 1.56. The van der Waals surface area contributed by atoms with Gasteiger partial charge in [0.1, 0.15) is 17.4 Å². The summed E-state index contributed by atoms with van der Waals surface area (Å²) in [5, 5.41) is 16.5. The van der Waals surface area contributed by atoms with Gasteiger partial charge in [0.2, 0.25) is 17.7 Å². The van der Waals surface area contributed by atoms with Crippen molar-refractivity contribution in [2.75, 3.05) is 24.4 Å². The van der Waals surface area contributed by atoms with E-state index in [1.807, 2.05) is 48.5 Å². The number of nitrogens with zero attached hydrogens (tertiary/aromatic N) is 1. The van der Waals surface area contributed by atoms with Gasteiger partial charge in [-0.15, -0.1) is 0 Å². The first-order valence-corrected chi connectivity index (χ1v) is 14.9. The van der Waals surface area contributed by atoms with E-state index in [9.17, 15) is 19.5 Å². The first-order valence-electron chi connectivity index (χ1n) is 14.0. The zero-order valence-corrected chi connectivity index (χ0v) is 24.6. The maximum Gasteiger partial charge on any atom is 0.250 e. The van der Waals surface area contributed by atoms with Gasteiger partial charge in [0.25, 0.3) is 0 Å². The van der Waals surface area contributed by atoms with Crippen LogP contribution < -0.4 is 15.4 Å². The molecule has 3 heterocycles. The van der Waals surface area contributed by atoms with E-state index >= 15 is 0 Å². The molecule has 218 valence electrons. The van der Waals surface area contributed by atoms with E-state index < -0.39 is 41.5 Å². The van der Waals surface area contributed by atoms with Crippen LogP contribution in [0.1, 0.15) is 12.0 Å². The largest absolute Gasteiger partial charge is 0.497 e. The highest BCUT2D eigenvalue weighted by Crippen LogP contribution is 2.60. The number of para-hydroxylation sites is 1. The molecule has 3 aliphatic rings. The first-order chi connectivity index (χ1) is 20.4. The van der Waals surface area contributed by atoms with Crippen molar-refractivity contribution in [3.05, 3.63) is 90.5 Å². The third-order valence-electron chi connectivity index (χ3n) is 8.60. The van der Waals surface area contributed by atoms with E-state index in [-0.39, 0.29) is 23.2 Å². The lowest BCUT2D eigenvalue weighted by atomic mass is 9.70. The predicted octanol–water partition coefficient (Wildman–Crippen LogP) is 3.62. The van der Waals surface area contributed by atoms with Crippen LogP contribution in [0, 0.1) is 11.8 Å². The van der Waals surface area contributed by atoms with Crippen molar-refractivity contribution in [2.45, 2.75) is 41.5 Å². The number of fused-ring (bicyclic) bond motifs is 1. The van der Waals surface area contributed by atoms with Crippen molar-refractivity contribution in [1.29, 1.82) is 0 Å². The number of carbonyl (C=O) groups is 3. The Labute approximate surface area is 252 Å². The maximum absolute atomic E-state index is 14.4. The van der Waals surface area contributed by atoms with Crippen LogP contribution in [-0.4, -0.2) is 70.1 Å². The predicted molar refractivity (Wildman–Crippen MR) is 160 cm³/mol. The molecule has 10 heteroatoms. The van der Waals surface area contributed by atoms with Crippen LogP contribution in [0.3, 0.4) is 0 Å². The highest BCUT2D eigenvalue weighted by atomic mass is 79.9. The van der Waals surface area contributed by atoms with Crippen molar-refractivity contribution < 1.29 is 29.0 Å². The molecule has 3 aliphatic heterocycles. The van der Waals surface area contributed by atoms with Crippen LogP contribution in [0.15, 0.2) is 84.9 Å². The van der Waals surface area contributed by atoms with Gasteiger partial charge >= 0.3 is 0 Å². The average molecular weight is 635 g/mol. The quantitative estimate of drug-likeness (QED) is 0.310. The van der Waals surface area contributed by atoms with Gasteiger partial charge in [-0.05, 0) is 54.8 Å². The summed E-state index contributed by atoms with van der Waals surface area (Å²) in [6, 6.07) is 23.7.